The standard InChI is InChI=1S/C20H22N2O3/c1-13-10-16(20(21)23)15-4-2-3-5-17(15)22(13)12-14-6-7-18-19(11-14)25-9-8-24-18/h2-7,11,13,16H,8-10,12H2,1H3,(H2,21,23)/t13-,16+/m0/s1. The largest absolute Gasteiger partial charge is 0.486 e. The molecule has 1 amide bonds. The molecule has 2 aliphatic rings. The van der Waals surface area contributed by atoms with Crippen LogP contribution in [0.25, 0.3) is 0 Å². The van der Waals surface area contributed by atoms with Gasteiger partial charge in [0.1, 0.15) is 13.2 Å². The second-order valence-corrected chi connectivity index (χ2v) is 6.70. The number of hydrogen-bond acceptors (Lipinski definition) is 4. The molecule has 0 fully saturated rings. The Bertz CT molecular complexity index is 805. The van der Waals surface area contributed by atoms with Crippen molar-refractivity contribution >= 4 is 11.6 Å². The van der Waals surface area contributed by atoms with Gasteiger partial charge in [-0.3, -0.25) is 4.79 Å². The number of carbonyl (C=O) groups excluding carboxylic acids is 1. The molecule has 5 heteroatoms. The molecule has 2 heterocycles. The van der Waals surface area contributed by atoms with Gasteiger partial charge in [-0.25, -0.2) is 0 Å². The smallest absolute Gasteiger partial charge is 0.225 e. The predicted octanol–water partition coefficient (Wildman–Crippen LogP) is 2.83. The molecule has 0 spiro atoms. The lowest BCUT2D eigenvalue weighted by atomic mass is 9.85. The molecule has 0 saturated heterocycles. The lowest BCUT2D eigenvalue weighted by Crippen LogP contribution is -2.41. The third-order valence-electron chi connectivity index (χ3n) is 5.03. The summed E-state index contributed by atoms with van der Waals surface area (Å²) in [5.41, 5.74) is 8.89. The summed E-state index contributed by atoms with van der Waals surface area (Å²) in [6, 6.07) is 14.4. The molecule has 0 bridgehead atoms. The van der Waals surface area contributed by atoms with Crippen LogP contribution in [0, 0.1) is 0 Å². The molecule has 2 N–H and O–H groups in total. The van der Waals surface area contributed by atoms with Crippen molar-refractivity contribution in [3.63, 3.8) is 0 Å². The van der Waals surface area contributed by atoms with Crippen molar-refractivity contribution in [3.8, 4) is 11.5 Å². The SMILES string of the molecule is C[C@H]1C[C@@H](C(N)=O)c2ccccc2N1Cc1ccc2c(c1)OCCO2. The number of hydrogen-bond donors (Lipinski definition) is 1. The minimum absolute atomic E-state index is 0.220. The molecule has 2 atom stereocenters. The van der Waals surface area contributed by atoms with Crippen molar-refractivity contribution in [3.05, 3.63) is 53.6 Å². The van der Waals surface area contributed by atoms with Crippen molar-refractivity contribution in [2.24, 2.45) is 5.73 Å². The number of rotatable bonds is 3. The van der Waals surface area contributed by atoms with Crippen LogP contribution in [0.5, 0.6) is 11.5 Å². The number of benzene rings is 2. The molecule has 4 rings (SSSR count). The number of nitrogens with zero attached hydrogens (tertiary/aromatic N) is 1. The van der Waals surface area contributed by atoms with E-state index in [1.54, 1.807) is 0 Å². The van der Waals surface area contributed by atoms with Crippen LogP contribution in [-0.2, 0) is 11.3 Å². The molecule has 2 aliphatic heterocycles. The molecule has 0 aliphatic carbocycles. The quantitative estimate of drug-likeness (QED) is 0.935. The van der Waals surface area contributed by atoms with E-state index in [1.807, 2.05) is 30.3 Å². The van der Waals surface area contributed by atoms with E-state index < -0.39 is 0 Å². The highest BCUT2D eigenvalue weighted by Gasteiger charge is 2.33. The summed E-state index contributed by atoms with van der Waals surface area (Å²) in [6.45, 7) is 4.07. The van der Waals surface area contributed by atoms with E-state index in [1.165, 1.54) is 0 Å². The average Bonchev–Trinajstić information content (AvgIpc) is 2.63. The van der Waals surface area contributed by atoms with Crippen LogP contribution < -0.4 is 20.1 Å². The molecular weight excluding hydrogens is 316 g/mol. The van der Waals surface area contributed by atoms with Gasteiger partial charge in [-0.05, 0) is 42.7 Å². The van der Waals surface area contributed by atoms with Crippen LogP contribution in [0.1, 0.15) is 30.4 Å². The van der Waals surface area contributed by atoms with Gasteiger partial charge in [0, 0.05) is 18.3 Å². The maximum absolute atomic E-state index is 11.9. The Hall–Kier alpha value is -2.69. The normalized spacial score (nSPS) is 21.6. The third kappa shape index (κ3) is 2.90. The van der Waals surface area contributed by atoms with Gasteiger partial charge in [0.25, 0.3) is 0 Å². The lowest BCUT2D eigenvalue weighted by Gasteiger charge is -2.40. The van der Waals surface area contributed by atoms with Crippen molar-refractivity contribution in [1.82, 2.24) is 0 Å². The average molecular weight is 338 g/mol. The van der Waals surface area contributed by atoms with Crippen molar-refractivity contribution < 1.29 is 14.3 Å². The molecule has 5 nitrogen and oxygen atoms in total. The van der Waals surface area contributed by atoms with E-state index in [2.05, 4.69) is 24.0 Å². The van der Waals surface area contributed by atoms with Crippen molar-refractivity contribution in [2.45, 2.75) is 31.8 Å². The number of carbonyl (C=O) groups is 1. The topological polar surface area (TPSA) is 64.8 Å². The zero-order valence-electron chi connectivity index (χ0n) is 14.3. The molecule has 2 aromatic rings. The lowest BCUT2D eigenvalue weighted by molar-refractivity contribution is -0.119. The Balaban J connectivity index is 1.66. The molecule has 0 unspecified atom stereocenters. The number of fused-ring (bicyclic) bond motifs is 2. The van der Waals surface area contributed by atoms with Gasteiger partial charge in [-0.2, -0.15) is 0 Å². The van der Waals surface area contributed by atoms with Gasteiger partial charge in [0.05, 0.1) is 5.92 Å². The Morgan fingerprint density at radius 3 is 2.72 bits per heavy atom. The van der Waals surface area contributed by atoms with E-state index in [9.17, 15) is 4.79 Å². The van der Waals surface area contributed by atoms with Gasteiger partial charge < -0.3 is 20.1 Å². The maximum atomic E-state index is 11.9. The molecule has 130 valence electrons. The fourth-order valence-electron chi connectivity index (χ4n) is 3.77. The van der Waals surface area contributed by atoms with Gasteiger partial charge in [-0.15, -0.1) is 0 Å². The van der Waals surface area contributed by atoms with Gasteiger partial charge in [-0.1, -0.05) is 24.3 Å². The molecule has 0 radical (unpaired) electrons. The summed E-state index contributed by atoms with van der Waals surface area (Å²) in [7, 11) is 0. The van der Waals surface area contributed by atoms with E-state index in [-0.39, 0.29) is 17.9 Å². The van der Waals surface area contributed by atoms with E-state index in [0.717, 1.165) is 41.3 Å². The van der Waals surface area contributed by atoms with Gasteiger partial charge >= 0.3 is 0 Å². The molecule has 2 aromatic carbocycles. The number of primary amides is 1. The summed E-state index contributed by atoms with van der Waals surface area (Å²) in [5.74, 6) is 1.13. The summed E-state index contributed by atoms with van der Waals surface area (Å²) in [4.78, 5) is 14.2. The second-order valence-electron chi connectivity index (χ2n) is 6.70. The first-order valence-corrected chi connectivity index (χ1v) is 8.67. The summed E-state index contributed by atoms with van der Waals surface area (Å²) < 4.78 is 11.3. The number of anilines is 1. The first kappa shape index (κ1) is 15.8. The summed E-state index contributed by atoms with van der Waals surface area (Å²) in [6.07, 6.45) is 0.733. The highest BCUT2D eigenvalue weighted by Crippen LogP contribution is 2.39. The highest BCUT2D eigenvalue weighted by atomic mass is 16.6. The number of ether oxygens (including phenoxy) is 2. The van der Waals surface area contributed by atoms with Crippen LogP contribution in [-0.4, -0.2) is 25.2 Å². The molecule has 25 heavy (non-hydrogen) atoms. The second kappa shape index (κ2) is 6.31. The summed E-state index contributed by atoms with van der Waals surface area (Å²) in [5, 5.41) is 0. The van der Waals surface area contributed by atoms with Crippen molar-refractivity contribution in [2.75, 3.05) is 18.1 Å². The Morgan fingerprint density at radius 2 is 1.92 bits per heavy atom. The fraction of sp³-hybridized carbons (Fsp3) is 0.350. The first-order valence-electron chi connectivity index (χ1n) is 8.67. The van der Waals surface area contributed by atoms with E-state index in [4.69, 9.17) is 15.2 Å². The molecular formula is C20H22N2O3. The van der Waals surface area contributed by atoms with Crippen molar-refractivity contribution in [1.29, 1.82) is 0 Å². The monoisotopic (exact) mass is 338 g/mol. The number of amides is 1. The minimum atomic E-state index is -0.252. The maximum Gasteiger partial charge on any atom is 0.225 e. The highest BCUT2D eigenvalue weighted by molar-refractivity contribution is 5.85. The number of nitrogens with two attached hydrogens (primary N) is 1. The van der Waals surface area contributed by atoms with Crippen LogP contribution in [0.15, 0.2) is 42.5 Å². The Morgan fingerprint density at radius 1 is 1.16 bits per heavy atom. The van der Waals surface area contributed by atoms with Crippen LogP contribution >= 0.6 is 0 Å². The van der Waals surface area contributed by atoms with Gasteiger partial charge in [0.2, 0.25) is 5.91 Å². The van der Waals surface area contributed by atoms with Crippen LogP contribution in [0.3, 0.4) is 0 Å². The predicted molar refractivity (Wildman–Crippen MR) is 96.1 cm³/mol. The Kier molecular flexibility index (Phi) is 3.99. The van der Waals surface area contributed by atoms with Crippen LogP contribution in [0.4, 0.5) is 5.69 Å². The first-order chi connectivity index (χ1) is 12.1. The van der Waals surface area contributed by atoms with Gasteiger partial charge in [0.15, 0.2) is 11.5 Å². The van der Waals surface area contributed by atoms with E-state index >= 15 is 0 Å². The zero-order chi connectivity index (χ0) is 17.4. The molecule has 0 saturated carbocycles. The van der Waals surface area contributed by atoms with E-state index in [0.29, 0.717) is 13.2 Å². The molecule has 0 aromatic heterocycles. The third-order valence-corrected chi connectivity index (χ3v) is 5.03. The minimum Gasteiger partial charge on any atom is -0.486 e. The van der Waals surface area contributed by atoms with Crippen LogP contribution in [0.2, 0.25) is 0 Å². The Labute approximate surface area is 147 Å². The zero-order valence-corrected chi connectivity index (χ0v) is 14.3. The summed E-state index contributed by atoms with van der Waals surface area (Å²) >= 11 is 0. The fourth-order valence-corrected chi connectivity index (χ4v) is 3.77. The number of para-hydroxylation sites is 1.